The fraction of sp³-hybridized carbons (Fsp3) is 0.875. The Morgan fingerprint density at radius 2 is 1.52 bits per heavy atom. The van der Waals surface area contributed by atoms with Crippen LogP contribution in [0.15, 0.2) is 0 Å². The largest absolute Gasteiger partial charge is 0.325 e. The molecule has 1 saturated heterocycles. The summed E-state index contributed by atoms with van der Waals surface area (Å²) in [5.74, 6) is 1.01. The molecule has 21 heavy (non-hydrogen) atoms. The number of nitrogens with zero attached hydrogens (tertiary/aromatic N) is 1. The smallest absolute Gasteiger partial charge is 0.323 e. The Kier molecular flexibility index (Phi) is 6.40. The molecule has 1 aliphatic heterocycles. The highest BCUT2D eigenvalue weighted by molar-refractivity contribution is 7.80. The van der Waals surface area contributed by atoms with Gasteiger partial charge >= 0.3 is 6.03 Å². The van der Waals surface area contributed by atoms with E-state index in [9.17, 15) is 9.59 Å². The highest BCUT2D eigenvalue weighted by atomic mass is 32.1. The Labute approximate surface area is 133 Å². The molecule has 0 radical (unpaired) electrons. The molecule has 2 fully saturated rings. The number of carbonyl (C=O) groups excluding carboxylic acids is 2. The van der Waals surface area contributed by atoms with Gasteiger partial charge in [-0.05, 0) is 31.4 Å². The number of rotatable bonds is 9. The SMILES string of the molecule is O=C1NC2(CCCC2)C(=O)N1CCCCCCCCCS. The number of carbonyl (C=O) groups is 2. The van der Waals surface area contributed by atoms with Crippen LogP contribution in [0.5, 0.6) is 0 Å². The monoisotopic (exact) mass is 312 g/mol. The van der Waals surface area contributed by atoms with Crippen molar-refractivity contribution in [1.29, 1.82) is 0 Å². The van der Waals surface area contributed by atoms with Crippen molar-refractivity contribution in [3.63, 3.8) is 0 Å². The van der Waals surface area contributed by atoms with Crippen molar-refractivity contribution in [2.45, 2.75) is 76.2 Å². The van der Waals surface area contributed by atoms with E-state index in [1.807, 2.05) is 0 Å². The maximum Gasteiger partial charge on any atom is 0.325 e. The number of nitrogens with one attached hydrogen (secondary N) is 1. The second-order valence-corrected chi connectivity index (χ2v) is 6.82. The van der Waals surface area contributed by atoms with Crippen LogP contribution in [-0.4, -0.2) is 34.7 Å². The van der Waals surface area contributed by atoms with Gasteiger partial charge in [-0.2, -0.15) is 12.6 Å². The lowest BCUT2D eigenvalue weighted by atomic mass is 9.98. The van der Waals surface area contributed by atoms with Gasteiger partial charge in [-0.3, -0.25) is 9.69 Å². The van der Waals surface area contributed by atoms with Gasteiger partial charge in [0.15, 0.2) is 0 Å². The molecule has 2 aliphatic rings. The molecular weight excluding hydrogens is 284 g/mol. The van der Waals surface area contributed by atoms with Gasteiger partial charge < -0.3 is 5.32 Å². The van der Waals surface area contributed by atoms with E-state index in [0.717, 1.165) is 44.3 Å². The molecule has 0 atom stereocenters. The molecule has 1 saturated carbocycles. The van der Waals surface area contributed by atoms with Crippen LogP contribution in [-0.2, 0) is 4.79 Å². The molecule has 0 aromatic carbocycles. The Morgan fingerprint density at radius 1 is 0.952 bits per heavy atom. The van der Waals surface area contributed by atoms with Crippen molar-refractivity contribution in [2.24, 2.45) is 0 Å². The summed E-state index contributed by atoms with van der Waals surface area (Å²) in [4.78, 5) is 25.8. The molecule has 1 heterocycles. The molecule has 2 rings (SSSR count). The predicted molar refractivity (Wildman–Crippen MR) is 87.6 cm³/mol. The van der Waals surface area contributed by atoms with Crippen molar-refractivity contribution < 1.29 is 9.59 Å². The van der Waals surface area contributed by atoms with Crippen LogP contribution in [0.1, 0.15) is 70.6 Å². The number of amides is 3. The zero-order valence-electron chi connectivity index (χ0n) is 12.9. The van der Waals surface area contributed by atoms with Crippen LogP contribution in [0.4, 0.5) is 4.79 Å². The zero-order valence-corrected chi connectivity index (χ0v) is 13.8. The molecule has 0 aromatic rings. The van der Waals surface area contributed by atoms with Gasteiger partial charge in [0.25, 0.3) is 5.91 Å². The number of hydrogen-bond donors (Lipinski definition) is 2. The molecule has 1 N–H and O–H groups in total. The summed E-state index contributed by atoms with van der Waals surface area (Å²) < 4.78 is 0. The molecule has 4 nitrogen and oxygen atoms in total. The maximum atomic E-state index is 12.4. The minimum absolute atomic E-state index is 0.0266. The first kappa shape index (κ1) is 16.7. The van der Waals surface area contributed by atoms with Crippen molar-refractivity contribution in [1.82, 2.24) is 10.2 Å². The highest BCUT2D eigenvalue weighted by Gasteiger charge is 2.51. The standard InChI is InChI=1S/C16H28N2O2S/c19-14-16(10-6-7-11-16)17-15(20)18(14)12-8-4-2-1-3-5-9-13-21/h21H,1-13H2,(H,17,20). The van der Waals surface area contributed by atoms with Crippen molar-refractivity contribution in [2.75, 3.05) is 12.3 Å². The summed E-state index contributed by atoms with van der Waals surface area (Å²) in [5, 5.41) is 2.93. The van der Waals surface area contributed by atoms with Gasteiger partial charge in [0.2, 0.25) is 0 Å². The number of urea groups is 1. The fourth-order valence-electron chi connectivity index (χ4n) is 3.46. The van der Waals surface area contributed by atoms with E-state index in [-0.39, 0.29) is 11.9 Å². The Morgan fingerprint density at radius 3 is 2.14 bits per heavy atom. The molecule has 5 heteroatoms. The molecule has 1 aliphatic carbocycles. The van der Waals surface area contributed by atoms with E-state index in [2.05, 4.69) is 17.9 Å². The molecule has 3 amide bonds. The highest BCUT2D eigenvalue weighted by Crippen LogP contribution is 2.35. The van der Waals surface area contributed by atoms with Gasteiger partial charge in [-0.25, -0.2) is 4.79 Å². The number of thiol groups is 1. The minimum atomic E-state index is -0.538. The number of hydrogen-bond acceptors (Lipinski definition) is 3. The van der Waals surface area contributed by atoms with Crippen LogP contribution in [0.25, 0.3) is 0 Å². The predicted octanol–water partition coefficient (Wildman–Crippen LogP) is 3.51. The Balaban J connectivity index is 1.62. The van der Waals surface area contributed by atoms with Gasteiger partial charge in [-0.15, -0.1) is 0 Å². The summed E-state index contributed by atoms with van der Waals surface area (Å²) in [6, 6.07) is -0.171. The Hall–Kier alpha value is -0.710. The molecule has 1 spiro atoms. The summed E-state index contributed by atoms with van der Waals surface area (Å²) in [6.07, 6.45) is 11.9. The summed E-state index contributed by atoms with van der Waals surface area (Å²) in [5.41, 5.74) is -0.538. The molecule has 0 aromatic heterocycles. The third-order valence-electron chi connectivity index (χ3n) is 4.74. The van der Waals surface area contributed by atoms with E-state index in [1.165, 1.54) is 37.0 Å². The molecule has 0 bridgehead atoms. The van der Waals surface area contributed by atoms with Gasteiger partial charge in [-0.1, -0.05) is 44.9 Å². The average Bonchev–Trinajstić information content (AvgIpc) is 3.02. The number of unbranched alkanes of at least 4 members (excludes halogenated alkanes) is 6. The third-order valence-corrected chi connectivity index (χ3v) is 5.06. The molecule has 0 unspecified atom stereocenters. The van der Waals surface area contributed by atoms with Crippen LogP contribution in [0, 0.1) is 0 Å². The lowest BCUT2D eigenvalue weighted by molar-refractivity contribution is -0.131. The topological polar surface area (TPSA) is 49.4 Å². The first-order valence-corrected chi connectivity index (χ1v) is 9.08. The van der Waals surface area contributed by atoms with Crippen LogP contribution < -0.4 is 5.32 Å². The quantitative estimate of drug-likeness (QED) is 0.389. The summed E-state index contributed by atoms with van der Waals surface area (Å²) in [6.45, 7) is 0.586. The molecule has 120 valence electrons. The van der Waals surface area contributed by atoms with Crippen molar-refractivity contribution in [3.8, 4) is 0 Å². The average molecular weight is 312 g/mol. The summed E-state index contributed by atoms with van der Waals surface area (Å²) >= 11 is 4.20. The third kappa shape index (κ3) is 4.15. The van der Waals surface area contributed by atoms with Crippen LogP contribution in [0.3, 0.4) is 0 Å². The van der Waals surface area contributed by atoms with Gasteiger partial charge in [0, 0.05) is 6.54 Å². The maximum absolute atomic E-state index is 12.4. The molecular formula is C16H28N2O2S. The van der Waals surface area contributed by atoms with E-state index in [4.69, 9.17) is 0 Å². The van der Waals surface area contributed by atoms with Crippen LogP contribution >= 0.6 is 12.6 Å². The first-order valence-electron chi connectivity index (χ1n) is 8.45. The lowest BCUT2D eigenvalue weighted by Gasteiger charge is -2.19. The van der Waals surface area contributed by atoms with Gasteiger partial charge in [0.1, 0.15) is 5.54 Å². The van der Waals surface area contributed by atoms with E-state index in [1.54, 1.807) is 0 Å². The fourth-order valence-corrected chi connectivity index (χ4v) is 3.69. The van der Waals surface area contributed by atoms with Crippen LogP contribution in [0.2, 0.25) is 0 Å². The summed E-state index contributed by atoms with van der Waals surface area (Å²) in [7, 11) is 0. The minimum Gasteiger partial charge on any atom is -0.323 e. The van der Waals surface area contributed by atoms with Crippen molar-refractivity contribution in [3.05, 3.63) is 0 Å². The Bertz CT molecular complexity index is 367. The second kappa shape index (κ2) is 8.06. The first-order chi connectivity index (χ1) is 10.2. The van der Waals surface area contributed by atoms with E-state index in [0.29, 0.717) is 6.54 Å². The van der Waals surface area contributed by atoms with E-state index >= 15 is 0 Å². The second-order valence-electron chi connectivity index (χ2n) is 6.37. The van der Waals surface area contributed by atoms with Crippen molar-refractivity contribution >= 4 is 24.6 Å². The zero-order chi connectivity index (χ0) is 15.1. The number of imide groups is 1. The van der Waals surface area contributed by atoms with Gasteiger partial charge in [0.05, 0.1) is 0 Å². The lowest BCUT2D eigenvalue weighted by Crippen LogP contribution is -2.44. The van der Waals surface area contributed by atoms with E-state index < -0.39 is 5.54 Å². The normalized spacial score (nSPS) is 20.5.